The Kier molecular flexibility index (Phi) is 9.42. The lowest BCUT2D eigenvalue weighted by Gasteiger charge is -2.25. The molecule has 2 aromatic heterocycles. The number of carbonyl (C=O) groups is 3. The van der Waals surface area contributed by atoms with Gasteiger partial charge in [0.2, 0.25) is 11.8 Å². The van der Waals surface area contributed by atoms with Crippen molar-refractivity contribution >= 4 is 17.7 Å². The molecule has 5 rings (SSSR count). The number of halogens is 2. The van der Waals surface area contributed by atoms with Crippen molar-refractivity contribution in [3.8, 4) is 11.5 Å². The van der Waals surface area contributed by atoms with Gasteiger partial charge in [0.05, 0.1) is 25.8 Å². The average molecular weight is 598 g/mol. The number of nitrogens with zero attached hydrogens (tertiary/aromatic N) is 6. The van der Waals surface area contributed by atoms with E-state index in [9.17, 15) is 23.2 Å². The Morgan fingerprint density at radius 2 is 1.98 bits per heavy atom. The van der Waals surface area contributed by atoms with Crippen LogP contribution in [0.25, 0.3) is 0 Å². The summed E-state index contributed by atoms with van der Waals surface area (Å²) in [7, 11) is 1.50. The summed E-state index contributed by atoms with van der Waals surface area (Å²) in [5.74, 6) is -2.80. The summed E-state index contributed by atoms with van der Waals surface area (Å²) in [4.78, 5) is 50.3. The molecule has 1 aromatic carbocycles. The molecular formula is C29H33F2N7O5. The van der Waals surface area contributed by atoms with E-state index >= 15 is 0 Å². The standard InChI is InChI=1S/C29H33F2N7O5/c1-42-24-6-5-19-12-25(24)43-11-10-36(29(41)27-23(31)13-20(30)14-34-27)8-3-7-33-28(40)22-16-37(15-21(19)22)26(39)4-2-9-38-18-32-17-35-38/h5-6,12-14,17-18,21-22H,2-4,7-11,15-16H2,1H3,(H,33,40)/t21-,22+/m1/s1. The smallest absolute Gasteiger partial charge is 0.275 e. The molecule has 14 heteroatoms. The quantitative estimate of drug-likeness (QED) is 0.457. The van der Waals surface area contributed by atoms with Gasteiger partial charge >= 0.3 is 0 Å². The molecule has 12 nitrogen and oxygen atoms in total. The van der Waals surface area contributed by atoms with Crippen molar-refractivity contribution in [1.82, 2.24) is 34.9 Å². The van der Waals surface area contributed by atoms with Gasteiger partial charge in [-0.15, -0.1) is 0 Å². The van der Waals surface area contributed by atoms with Gasteiger partial charge in [0.15, 0.2) is 23.0 Å². The lowest BCUT2D eigenvalue weighted by atomic mass is 9.88. The van der Waals surface area contributed by atoms with E-state index in [4.69, 9.17) is 9.47 Å². The van der Waals surface area contributed by atoms with Gasteiger partial charge in [0.25, 0.3) is 5.91 Å². The van der Waals surface area contributed by atoms with Crippen molar-refractivity contribution in [3.63, 3.8) is 0 Å². The van der Waals surface area contributed by atoms with E-state index in [0.717, 1.165) is 11.8 Å². The maximum absolute atomic E-state index is 14.4. The van der Waals surface area contributed by atoms with Gasteiger partial charge in [-0.05, 0) is 30.5 Å². The monoisotopic (exact) mass is 597 g/mol. The second-order valence-electron chi connectivity index (χ2n) is 10.5. The Bertz CT molecular complexity index is 1450. The number of aryl methyl sites for hydroxylation is 1. The van der Waals surface area contributed by atoms with Gasteiger partial charge in [-0.3, -0.25) is 19.1 Å². The molecule has 0 aliphatic carbocycles. The number of likely N-dealkylation sites (tertiary alicyclic amines) is 1. The number of methoxy groups -OCH3 is 1. The van der Waals surface area contributed by atoms with E-state index in [1.165, 1.54) is 18.3 Å². The number of carbonyl (C=O) groups excluding carboxylic acids is 3. The fraction of sp³-hybridized carbons (Fsp3) is 0.448. The van der Waals surface area contributed by atoms with Crippen molar-refractivity contribution < 1.29 is 32.6 Å². The third-order valence-corrected chi connectivity index (χ3v) is 7.69. The summed E-state index contributed by atoms with van der Waals surface area (Å²) < 4.78 is 40.9. The van der Waals surface area contributed by atoms with Gasteiger partial charge in [-0.25, -0.2) is 18.7 Å². The summed E-state index contributed by atoms with van der Waals surface area (Å²) in [5.41, 5.74) is 0.322. The zero-order chi connectivity index (χ0) is 30.3. The Hall–Kier alpha value is -4.62. The molecule has 2 aliphatic rings. The first-order valence-electron chi connectivity index (χ1n) is 14.1. The van der Waals surface area contributed by atoms with Crippen molar-refractivity contribution in [2.24, 2.45) is 5.92 Å². The number of amides is 3. The minimum absolute atomic E-state index is 0.0425. The maximum Gasteiger partial charge on any atom is 0.275 e. The SMILES string of the molecule is COc1ccc2cc1OCCN(C(=O)c1ncc(F)cc1F)CCCNC(=O)[C@H]1CN(C(=O)CCCn3cncn3)C[C@H]21. The number of ether oxygens (including phenoxy) is 2. The number of hydrogen-bond donors (Lipinski definition) is 1. The molecule has 3 aromatic rings. The molecule has 2 atom stereocenters. The predicted molar refractivity (Wildman–Crippen MR) is 148 cm³/mol. The van der Waals surface area contributed by atoms with E-state index in [0.29, 0.717) is 49.9 Å². The van der Waals surface area contributed by atoms with Gasteiger partial charge in [-0.1, -0.05) is 6.07 Å². The Morgan fingerprint density at radius 1 is 1.14 bits per heavy atom. The molecule has 4 heterocycles. The second-order valence-corrected chi connectivity index (χ2v) is 10.5. The average Bonchev–Trinajstić information content (AvgIpc) is 3.68. The van der Waals surface area contributed by atoms with Gasteiger partial charge in [-0.2, -0.15) is 5.10 Å². The molecule has 0 saturated carbocycles. The third kappa shape index (κ3) is 7.07. The number of benzene rings is 1. The maximum atomic E-state index is 14.4. The molecule has 2 bridgehead atoms. The van der Waals surface area contributed by atoms with E-state index in [-0.39, 0.29) is 50.5 Å². The van der Waals surface area contributed by atoms with Crippen LogP contribution in [0, 0.1) is 17.6 Å². The van der Waals surface area contributed by atoms with Crippen LogP contribution in [-0.4, -0.2) is 93.7 Å². The van der Waals surface area contributed by atoms with Crippen LogP contribution in [-0.2, 0) is 16.1 Å². The van der Waals surface area contributed by atoms with Crippen molar-refractivity contribution in [1.29, 1.82) is 0 Å². The highest BCUT2D eigenvalue weighted by Crippen LogP contribution is 2.38. The molecule has 2 aliphatic heterocycles. The lowest BCUT2D eigenvalue weighted by Crippen LogP contribution is -2.40. The molecular weight excluding hydrogens is 564 g/mol. The van der Waals surface area contributed by atoms with Crippen LogP contribution in [0.2, 0.25) is 0 Å². The fourth-order valence-electron chi connectivity index (χ4n) is 5.46. The van der Waals surface area contributed by atoms with Crippen LogP contribution in [0.3, 0.4) is 0 Å². The van der Waals surface area contributed by atoms with Gasteiger partial charge < -0.3 is 24.6 Å². The molecule has 228 valence electrons. The summed E-state index contributed by atoms with van der Waals surface area (Å²) in [6, 6.07) is 6.01. The summed E-state index contributed by atoms with van der Waals surface area (Å²) >= 11 is 0. The van der Waals surface area contributed by atoms with E-state index in [2.05, 4.69) is 20.4 Å². The van der Waals surface area contributed by atoms with Gasteiger partial charge in [0, 0.05) is 51.1 Å². The van der Waals surface area contributed by atoms with E-state index < -0.39 is 29.2 Å². The molecule has 43 heavy (non-hydrogen) atoms. The molecule has 1 fully saturated rings. The number of nitrogens with one attached hydrogen (secondary N) is 1. The van der Waals surface area contributed by atoms with Crippen molar-refractivity contribution in [3.05, 3.63) is 66.0 Å². The first-order chi connectivity index (χ1) is 20.8. The lowest BCUT2D eigenvalue weighted by molar-refractivity contribution is -0.130. The van der Waals surface area contributed by atoms with Crippen LogP contribution < -0.4 is 14.8 Å². The highest BCUT2D eigenvalue weighted by Gasteiger charge is 2.40. The minimum atomic E-state index is -1.06. The Morgan fingerprint density at radius 3 is 2.74 bits per heavy atom. The number of hydrogen-bond acceptors (Lipinski definition) is 8. The Labute approximate surface area is 247 Å². The normalized spacial score (nSPS) is 19.2. The highest BCUT2D eigenvalue weighted by molar-refractivity contribution is 5.92. The third-order valence-electron chi connectivity index (χ3n) is 7.69. The predicted octanol–water partition coefficient (Wildman–Crippen LogP) is 2.02. The van der Waals surface area contributed by atoms with Crippen LogP contribution in [0.15, 0.2) is 43.1 Å². The first kappa shape index (κ1) is 29.9. The summed E-state index contributed by atoms with van der Waals surface area (Å²) in [6.45, 7) is 1.78. The molecule has 1 saturated heterocycles. The molecule has 3 amide bonds. The Balaban J connectivity index is 1.33. The van der Waals surface area contributed by atoms with E-state index in [1.54, 1.807) is 28.0 Å². The molecule has 0 spiro atoms. The van der Waals surface area contributed by atoms with Gasteiger partial charge in [0.1, 0.15) is 25.1 Å². The zero-order valence-corrected chi connectivity index (χ0v) is 23.7. The number of fused-ring (bicyclic) bond motifs is 4. The van der Waals surface area contributed by atoms with Crippen LogP contribution >= 0.6 is 0 Å². The van der Waals surface area contributed by atoms with Crippen molar-refractivity contribution in [2.45, 2.75) is 31.7 Å². The highest BCUT2D eigenvalue weighted by atomic mass is 19.1. The topological polar surface area (TPSA) is 132 Å². The molecule has 0 unspecified atom stereocenters. The number of rotatable bonds is 6. The number of pyridine rings is 1. The van der Waals surface area contributed by atoms with E-state index in [1.807, 2.05) is 6.07 Å². The minimum Gasteiger partial charge on any atom is -0.493 e. The van der Waals surface area contributed by atoms with Crippen LogP contribution in [0.5, 0.6) is 11.5 Å². The molecule has 1 N–H and O–H groups in total. The molecule has 0 radical (unpaired) electrons. The fourth-order valence-corrected chi connectivity index (χ4v) is 5.46. The first-order valence-corrected chi connectivity index (χ1v) is 14.1. The summed E-state index contributed by atoms with van der Waals surface area (Å²) in [6.07, 6.45) is 5.11. The largest absolute Gasteiger partial charge is 0.493 e. The summed E-state index contributed by atoms with van der Waals surface area (Å²) in [5, 5.41) is 7.01. The van der Waals surface area contributed by atoms with Crippen molar-refractivity contribution in [2.75, 3.05) is 46.4 Å². The van der Waals surface area contributed by atoms with Crippen LogP contribution in [0.1, 0.15) is 41.2 Å². The zero-order valence-electron chi connectivity index (χ0n) is 23.7. The van der Waals surface area contributed by atoms with Crippen LogP contribution in [0.4, 0.5) is 8.78 Å². The number of aromatic nitrogens is 4. The second kappa shape index (κ2) is 13.6.